The van der Waals surface area contributed by atoms with E-state index in [0.717, 1.165) is 48.9 Å². The van der Waals surface area contributed by atoms with Crippen LogP contribution in [0.15, 0.2) is 54.6 Å². The molecule has 1 amide bonds. The number of nitrogens with zero attached hydrogens (tertiary/aromatic N) is 3. The van der Waals surface area contributed by atoms with Gasteiger partial charge < -0.3 is 21.1 Å². The molecule has 33 heavy (non-hydrogen) atoms. The van der Waals surface area contributed by atoms with E-state index in [1.54, 1.807) is 4.68 Å². The predicted molar refractivity (Wildman–Crippen MR) is 128 cm³/mol. The van der Waals surface area contributed by atoms with Gasteiger partial charge in [0.2, 0.25) is 0 Å². The maximum absolute atomic E-state index is 12.5. The van der Waals surface area contributed by atoms with Gasteiger partial charge in [-0.3, -0.25) is 9.69 Å². The molecule has 3 atom stereocenters. The average Bonchev–Trinajstić information content (AvgIpc) is 3.22. The molecular weight excluding hydrogens is 416 g/mol. The maximum atomic E-state index is 12.5. The molecule has 0 saturated carbocycles. The molecule has 0 spiro atoms. The number of anilines is 1. The van der Waals surface area contributed by atoms with Crippen LogP contribution in [0.1, 0.15) is 42.5 Å². The molecule has 1 unspecified atom stereocenters. The van der Waals surface area contributed by atoms with Crippen LogP contribution in [0, 0.1) is 0 Å². The van der Waals surface area contributed by atoms with Crippen molar-refractivity contribution in [2.75, 3.05) is 25.0 Å². The fourth-order valence-electron chi connectivity index (χ4n) is 4.81. The molecule has 2 aliphatic rings. The minimum atomic E-state index is -0.497. The molecule has 0 bridgehead atoms. The molecule has 0 radical (unpaired) electrons. The number of hydrogen-bond acceptors (Lipinski definition) is 6. The van der Waals surface area contributed by atoms with Crippen LogP contribution < -0.4 is 21.1 Å². The van der Waals surface area contributed by atoms with Gasteiger partial charge in [-0.1, -0.05) is 18.2 Å². The Labute approximate surface area is 193 Å². The molecule has 0 aliphatic carbocycles. The summed E-state index contributed by atoms with van der Waals surface area (Å²) in [5.74, 6) is 0.981. The van der Waals surface area contributed by atoms with Gasteiger partial charge in [-0.15, -0.1) is 0 Å². The van der Waals surface area contributed by atoms with Crippen molar-refractivity contribution in [1.29, 1.82) is 0 Å². The third-order valence-electron chi connectivity index (χ3n) is 6.45. The van der Waals surface area contributed by atoms with E-state index in [0.29, 0.717) is 23.5 Å². The summed E-state index contributed by atoms with van der Waals surface area (Å²) in [6, 6.07) is 18.1. The first-order chi connectivity index (χ1) is 16.0. The second-order valence-electron chi connectivity index (χ2n) is 8.88. The van der Waals surface area contributed by atoms with Crippen molar-refractivity contribution in [2.24, 2.45) is 5.73 Å². The van der Waals surface area contributed by atoms with Crippen LogP contribution >= 0.6 is 0 Å². The molecule has 2 aromatic carbocycles. The first kappa shape index (κ1) is 21.5. The highest BCUT2D eigenvalue weighted by atomic mass is 16.5. The van der Waals surface area contributed by atoms with Gasteiger partial charge in [-0.2, -0.15) is 5.10 Å². The third-order valence-corrected chi connectivity index (χ3v) is 6.45. The van der Waals surface area contributed by atoms with Crippen molar-refractivity contribution in [1.82, 2.24) is 20.0 Å². The number of amides is 1. The van der Waals surface area contributed by atoms with Crippen LogP contribution in [-0.2, 0) is 0 Å². The highest BCUT2D eigenvalue weighted by molar-refractivity contribution is 5.98. The summed E-state index contributed by atoms with van der Waals surface area (Å²) in [5.41, 5.74) is 8.63. The fraction of sp³-hybridized carbons (Fsp3) is 0.360. The van der Waals surface area contributed by atoms with E-state index in [1.165, 1.54) is 0 Å². The quantitative estimate of drug-likeness (QED) is 0.556. The smallest absolute Gasteiger partial charge is 0.269 e. The SMILES string of the molecule is C[C@@H]1CN(C2CCNc3c2nn(-c2ccc(Oc4ccccc4)cc2)c3C(N)=O)[C@@H](C)CN1. The van der Waals surface area contributed by atoms with Crippen LogP contribution in [0.25, 0.3) is 5.69 Å². The number of rotatable bonds is 5. The summed E-state index contributed by atoms with van der Waals surface area (Å²) in [5, 5.41) is 11.9. The van der Waals surface area contributed by atoms with Gasteiger partial charge in [0.05, 0.1) is 17.4 Å². The summed E-state index contributed by atoms with van der Waals surface area (Å²) >= 11 is 0. The van der Waals surface area contributed by atoms with E-state index in [2.05, 4.69) is 29.4 Å². The number of piperazine rings is 1. The normalized spacial score (nSPS) is 22.9. The summed E-state index contributed by atoms with van der Waals surface area (Å²) in [4.78, 5) is 15.0. The Kier molecular flexibility index (Phi) is 5.78. The first-order valence-electron chi connectivity index (χ1n) is 11.5. The second kappa shape index (κ2) is 8.88. The van der Waals surface area contributed by atoms with Gasteiger partial charge in [0.1, 0.15) is 17.2 Å². The van der Waals surface area contributed by atoms with Crippen molar-refractivity contribution in [3.63, 3.8) is 0 Å². The number of nitrogens with two attached hydrogens (primary N) is 1. The van der Waals surface area contributed by atoms with E-state index in [1.807, 2.05) is 54.6 Å². The van der Waals surface area contributed by atoms with Crippen molar-refractivity contribution in [3.8, 4) is 17.2 Å². The Morgan fingerprint density at radius 1 is 1.09 bits per heavy atom. The number of ether oxygens (including phenoxy) is 1. The molecule has 4 N–H and O–H groups in total. The van der Waals surface area contributed by atoms with E-state index in [-0.39, 0.29) is 6.04 Å². The fourth-order valence-corrected chi connectivity index (χ4v) is 4.81. The van der Waals surface area contributed by atoms with Crippen LogP contribution in [0.2, 0.25) is 0 Å². The molecule has 8 nitrogen and oxygen atoms in total. The molecule has 1 aromatic heterocycles. The lowest BCUT2D eigenvalue weighted by atomic mass is 9.98. The second-order valence-corrected chi connectivity index (χ2v) is 8.88. The minimum absolute atomic E-state index is 0.140. The summed E-state index contributed by atoms with van der Waals surface area (Å²) in [6.07, 6.45) is 0.934. The highest BCUT2D eigenvalue weighted by Gasteiger charge is 2.37. The molecule has 1 saturated heterocycles. The lowest BCUT2D eigenvalue weighted by Gasteiger charge is -2.43. The number of aromatic nitrogens is 2. The largest absolute Gasteiger partial charge is 0.457 e. The van der Waals surface area contributed by atoms with Gasteiger partial charge in [0, 0.05) is 31.7 Å². The Balaban J connectivity index is 1.49. The number of benzene rings is 2. The van der Waals surface area contributed by atoms with E-state index < -0.39 is 5.91 Å². The Morgan fingerprint density at radius 2 is 1.82 bits per heavy atom. The van der Waals surface area contributed by atoms with Crippen LogP contribution in [-0.4, -0.2) is 52.3 Å². The van der Waals surface area contributed by atoms with Gasteiger partial charge in [0.25, 0.3) is 5.91 Å². The van der Waals surface area contributed by atoms with Crippen molar-refractivity contribution < 1.29 is 9.53 Å². The zero-order valence-electron chi connectivity index (χ0n) is 19.0. The van der Waals surface area contributed by atoms with E-state index >= 15 is 0 Å². The molecule has 1 fully saturated rings. The van der Waals surface area contributed by atoms with Gasteiger partial charge >= 0.3 is 0 Å². The van der Waals surface area contributed by atoms with Crippen LogP contribution in [0.3, 0.4) is 0 Å². The lowest BCUT2D eigenvalue weighted by Crippen LogP contribution is -2.55. The van der Waals surface area contributed by atoms with Gasteiger partial charge in [0.15, 0.2) is 5.69 Å². The number of hydrogen-bond donors (Lipinski definition) is 3. The number of primary amides is 1. The molecule has 5 rings (SSSR count). The molecule has 3 aromatic rings. The molecule has 172 valence electrons. The standard InChI is InChI=1S/C25H30N6O2/c1-16-15-30(17(2)14-28-16)21-12-13-27-23-22(21)29-31(24(23)25(26)32)18-8-10-20(11-9-18)33-19-6-4-3-5-7-19/h3-11,16-17,21,27-28H,12-15H2,1-2H3,(H2,26,32)/t16-,17+,21?/m1/s1. The number of nitrogens with one attached hydrogen (secondary N) is 2. The minimum Gasteiger partial charge on any atom is -0.457 e. The zero-order valence-corrected chi connectivity index (χ0v) is 19.0. The molecule has 8 heteroatoms. The van der Waals surface area contributed by atoms with Gasteiger partial charge in [-0.25, -0.2) is 4.68 Å². The molecular formula is C25H30N6O2. The molecule has 2 aliphatic heterocycles. The number of fused-ring (bicyclic) bond motifs is 1. The lowest BCUT2D eigenvalue weighted by molar-refractivity contribution is 0.0876. The topological polar surface area (TPSA) is 97.4 Å². The van der Waals surface area contributed by atoms with Crippen molar-refractivity contribution in [3.05, 3.63) is 66.0 Å². The van der Waals surface area contributed by atoms with Gasteiger partial charge in [-0.05, 0) is 56.7 Å². The van der Waals surface area contributed by atoms with Crippen LogP contribution in [0.4, 0.5) is 5.69 Å². The zero-order chi connectivity index (χ0) is 22.9. The maximum Gasteiger partial charge on any atom is 0.269 e. The predicted octanol–water partition coefficient (Wildman–Crippen LogP) is 3.30. The van der Waals surface area contributed by atoms with Crippen molar-refractivity contribution >= 4 is 11.6 Å². The Morgan fingerprint density at radius 3 is 2.55 bits per heavy atom. The number of para-hydroxylation sites is 1. The molecule has 3 heterocycles. The monoisotopic (exact) mass is 446 g/mol. The Bertz CT molecular complexity index is 1130. The summed E-state index contributed by atoms with van der Waals surface area (Å²) in [6.45, 7) is 7.09. The van der Waals surface area contributed by atoms with Crippen molar-refractivity contribution in [2.45, 2.75) is 38.4 Å². The van der Waals surface area contributed by atoms with E-state index in [9.17, 15) is 4.79 Å². The number of carbonyl (C=O) groups excluding carboxylic acids is 1. The third kappa shape index (κ3) is 4.19. The number of carbonyl (C=O) groups is 1. The first-order valence-corrected chi connectivity index (χ1v) is 11.5. The highest BCUT2D eigenvalue weighted by Crippen LogP contribution is 2.38. The van der Waals surface area contributed by atoms with Crippen LogP contribution in [0.5, 0.6) is 11.5 Å². The van der Waals surface area contributed by atoms with E-state index in [4.69, 9.17) is 15.6 Å². The Hall–Kier alpha value is -3.36. The summed E-state index contributed by atoms with van der Waals surface area (Å²) < 4.78 is 7.57. The average molecular weight is 447 g/mol. The summed E-state index contributed by atoms with van der Waals surface area (Å²) in [7, 11) is 0.